The molecule has 0 aliphatic carbocycles. The molecule has 2 aromatic rings. The molecule has 0 aliphatic rings. The second-order valence-corrected chi connectivity index (χ2v) is 3.57. The maximum atomic E-state index is 13.1. The summed E-state index contributed by atoms with van der Waals surface area (Å²) in [6.07, 6.45) is 2.98. The molecule has 5 heteroatoms. The van der Waals surface area contributed by atoms with Crippen molar-refractivity contribution in [3.63, 3.8) is 0 Å². The van der Waals surface area contributed by atoms with Crippen molar-refractivity contribution >= 4 is 0 Å². The fourth-order valence-corrected chi connectivity index (χ4v) is 1.37. The van der Waals surface area contributed by atoms with E-state index in [4.69, 9.17) is 10.5 Å². The third-order valence-corrected chi connectivity index (χ3v) is 2.31. The first-order chi connectivity index (χ1) is 8.20. The van der Waals surface area contributed by atoms with Gasteiger partial charge < -0.3 is 10.5 Å². The average Bonchev–Trinajstić information content (AvgIpc) is 2.34. The highest BCUT2D eigenvalue weighted by atomic mass is 19.1. The van der Waals surface area contributed by atoms with E-state index in [1.807, 2.05) is 0 Å². The second kappa shape index (κ2) is 4.88. The van der Waals surface area contributed by atoms with Crippen LogP contribution in [0.1, 0.15) is 11.1 Å². The molecule has 0 saturated carbocycles. The first kappa shape index (κ1) is 11.5. The largest absolute Gasteiger partial charge is 0.439 e. The van der Waals surface area contributed by atoms with Crippen molar-refractivity contribution < 1.29 is 9.13 Å². The average molecular weight is 233 g/mol. The van der Waals surface area contributed by atoms with Crippen molar-refractivity contribution in [3.05, 3.63) is 47.7 Å². The van der Waals surface area contributed by atoms with Gasteiger partial charge in [-0.15, -0.1) is 0 Å². The summed E-state index contributed by atoms with van der Waals surface area (Å²) in [7, 11) is 0. The summed E-state index contributed by atoms with van der Waals surface area (Å²) in [6, 6.07) is 4.51. The number of hydrogen-bond acceptors (Lipinski definition) is 4. The van der Waals surface area contributed by atoms with E-state index < -0.39 is 0 Å². The molecule has 4 nitrogen and oxygen atoms in total. The zero-order valence-corrected chi connectivity index (χ0v) is 9.35. The molecule has 0 bridgehead atoms. The van der Waals surface area contributed by atoms with Gasteiger partial charge in [-0.2, -0.15) is 0 Å². The van der Waals surface area contributed by atoms with Crippen LogP contribution in [0, 0.1) is 12.7 Å². The summed E-state index contributed by atoms with van der Waals surface area (Å²) in [4.78, 5) is 7.85. The van der Waals surface area contributed by atoms with Crippen LogP contribution in [-0.2, 0) is 6.54 Å². The van der Waals surface area contributed by atoms with Crippen molar-refractivity contribution in [1.29, 1.82) is 0 Å². The Morgan fingerprint density at radius 3 is 2.94 bits per heavy atom. The third kappa shape index (κ3) is 2.57. The molecule has 2 rings (SSSR count). The van der Waals surface area contributed by atoms with Gasteiger partial charge in [0.05, 0.1) is 0 Å². The van der Waals surface area contributed by atoms with Crippen molar-refractivity contribution in [3.8, 4) is 11.6 Å². The number of hydrogen-bond donors (Lipinski definition) is 1. The molecule has 2 N–H and O–H groups in total. The third-order valence-electron chi connectivity index (χ3n) is 2.31. The van der Waals surface area contributed by atoms with Crippen molar-refractivity contribution in [2.24, 2.45) is 5.73 Å². The fourth-order valence-electron chi connectivity index (χ4n) is 1.37. The molecule has 0 fully saturated rings. The summed E-state index contributed by atoms with van der Waals surface area (Å²) >= 11 is 0. The van der Waals surface area contributed by atoms with Gasteiger partial charge in [-0.05, 0) is 30.7 Å². The van der Waals surface area contributed by atoms with E-state index in [1.165, 1.54) is 12.4 Å². The van der Waals surface area contributed by atoms with E-state index in [0.717, 1.165) is 0 Å². The van der Waals surface area contributed by atoms with E-state index in [1.54, 1.807) is 25.3 Å². The van der Waals surface area contributed by atoms with Gasteiger partial charge in [0.2, 0.25) is 5.88 Å². The summed E-state index contributed by atoms with van der Waals surface area (Å²) in [5, 5.41) is 0. The van der Waals surface area contributed by atoms with Crippen LogP contribution in [0.2, 0.25) is 0 Å². The maximum absolute atomic E-state index is 13.1. The highest BCUT2D eigenvalue weighted by Crippen LogP contribution is 2.23. The standard InChI is InChI=1S/C12H12FN3O/c1-8-4-10(2-3-11(8)13)17-12-9(5-14)6-15-7-16-12/h2-4,6-7H,5,14H2,1H3. The Hall–Kier alpha value is -2.01. The fraction of sp³-hybridized carbons (Fsp3) is 0.167. The second-order valence-electron chi connectivity index (χ2n) is 3.57. The summed E-state index contributed by atoms with van der Waals surface area (Å²) in [5.74, 6) is 0.657. The molecule has 88 valence electrons. The van der Waals surface area contributed by atoms with Crippen LogP contribution < -0.4 is 10.5 Å². The number of rotatable bonds is 3. The summed E-state index contributed by atoms with van der Waals surface area (Å²) in [5.41, 5.74) is 6.76. The molecule has 1 aromatic heterocycles. The number of ether oxygens (including phenoxy) is 1. The predicted molar refractivity (Wildman–Crippen MR) is 61.1 cm³/mol. The first-order valence-corrected chi connectivity index (χ1v) is 5.13. The minimum absolute atomic E-state index is 0.265. The van der Waals surface area contributed by atoms with Crippen LogP contribution >= 0.6 is 0 Å². The van der Waals surface area contributed by atoms with E-state index >= 15 is 0 Å². The van der Waals surface area contributed by atoms with Gasteiger partial charge in [-0.3, -0.25) is 0 Å². The molecule has 0 atom stereocenters. The highest BCUT2D eigenvalue weighted by molar-refractivity contribution is 5.33. The molecular weight excluding hydrogens is 221 g/mol. The van der Waals surface area contributed by atoms with Gasteiger partial charge in [0.15, 0.2) is 0 Å². The minimum atomic E-state index is -0.265. The molecule has 0 amide bonds. The normalized spacial score (nSPS) is 10.3. The number of halogens is 1. The van der Waals surface area contributed by atoms with Crippen LogP contribution in [0.4, 0.5) is 4.39 Å². The lowest BCUT2D eigenvalue weighted by Gasteiger charge is -2.08. The van der Waals surface area contributed by atoms with E-state index in [2.05, 4.69) is 9.97 Å². The van der Waals surface area contributed by atoms with E-state index in [0.29, 0.717) is 22.8 Å². The number of aryl methyl sites for hydroxylation is 1. The van der Waals surface area contributed by atoms with Crippen LogP contribution in [-0.4, -0.2) is 9.97 Å². The van der Waals surface area contributed by atoms with Gasteiger partial charge in [-0.25, -0.2) is 14.4 Å². The molecule has 1 aromatic carbocycles. The monoisotopic (exact) mass is 233 g/mol. The molecule has 0 spiro atoms. The van der Waals surface area contributed by atoms with E-state index in [-0.39, 0.29) is 12.4 Å². The zero-order chi connectivity index (χ0) is 12.3. The number of nitrogens with zero attached hydrogens (tertiary/aromatic N) is 2. The highest BCUT2D eigenvalue weighted by Gasteiger charge is 2.06. The van der Waals surface area contributed by atoms with Crippen molar-refractivity contribution in [2.75, 3.05) is 0 Å². The lowest BCUT2D eigenvalue weighted by molar-refractivity contribution is 0.452. The molecule has 17 heavy (non-hydrogen) atoms. The molecule has 0 unspecified atom stereocenters. The SMILES string of the molecule is Cc1cc(Oc2ncncc2CN)ccc1F. The quantitative estimate of drug-likeness (QED) is 0.882. The Morgan fingerprint density at radius 2 is 2.24 bits per heavy atom. The van der Waals surface area contributed by atoms with Crippen LogP contribution in [0.5, 0.6) is 11.6 Å². The van der Waals surface area contributed by atoms with Crippen LogP contribution in [0.15, 0.2) is 30.7 Å². The molecule has 0 aliphatic heterocycles. The molecule has 0 radical (unpaired) electrons. The predicted octanol–water partition coefficient (Wildman–Crippen LogP) is 2.18. The van der Waals surface area contributed by atoms with E-state index in [9.17, 15) is 4.39 Å². The van der Waals surface area contributed by atoms with Crippen molar-refractivity contribution in [2.45, 2.75) is 13.5 Å². The van der Waals surface area contributed by atoms with Gasteiger partial charge in [-0.1, -0.05) is 0 Å². The van der Waals surface area contributed by atoms with Gasteiger partial charge in [0.1, 0.15) is 17.9 Å². The lowest BCUT2D eigenvalue weighted by Crippen LogP contribution is -2.02. The van der Waals surface area contributed by atoms with Gasteiger partial charge in [0, 0.05) is 18.3 Å². The zero-order valence-electron chi connectivity index (χ0n) is 9.35. The summed E-state index contributed by atoms with van der Waals surface area (Å²) < 4.78 is 18.6. The lowest BCUT2D eigenvalue weighted by atomic mass is 10.2. The Labute approximate surface area is 98.3 Å². The van der Waals surface area contributed by atoms with Crippen molar-refractivity contribution in [1.82, 2.24) is 9.97 Å². The summed E-state index contributed by atoms with van der Waals surface area (Å²) in [6.45, 7) is 1.96. The maximum Gasteiger partial charge on any atom is 0.226 e. The Morgan fingerprint density at radius 1 is 1.41 bits per heavy atom. The number of benzene rings is 1. The first-order valence-electron chi connectivity index (χ1n) is 5.13. The molecule has 0 saturated heterocycles. The van der Waals surface area contributed by atoms with Crippen LogP contribution in [0.25, 0.3) is 0 Å². The Bertz CT molecular complexity index is 531. The van der Waals surface area contributed by atoms with Gasteiger partial charge >= 0.3 is 0 Å². The minimum Gasteiger partial charge on any atom is -0.439 e. The Kier molecular flexibility index (Phi) is 3.30. The Balaban J connectivity index is 2.28. The molecular formula is C12H12FN3O. The van der Waals surface area contributed by atoms with Gasteiger partial charge in [0.25, 0.3) is 0 Å². The smallest absolute Gasteiger partial charge is 0.226 e. The number of nitrogens with two attached hydrogens (primary N) is 1. The topological polar surface area (TPSA) is 61.0 Å². The number of aromatic nitrogens is 2. The molecule has 1 heterocycles. The van der Waals surface area contributed by atoms with Crippen LogP contribution in [0.3, 0.4) is 0 Å².